The van der Waals surface area contributed by atoms with Gasteiger partial charge < -0.3 is 24.2 Å². The summed E-state index contributed by atoms with van der Waals surface area (Å²) in [4.78, 5) is 16.6. The lowest BCUT2D eigenvalue weighted by atomic mass is 9.94. The normalized spacial score (nSPS) is 16.6. The smallest absolute Gasteiger partial charge is 0.256 e. The van der Waals surface area contributed by atoms with Crippen LogP contribution >= 0.6 is 0 Å². The van der Waals surface area contributed by atoms with Gasteiger partial charge in [0.05, 0.1) is 25.3 Å². The molecule has 6 heteroatoms. The van der Waals surface area contributed by atoms with Gasteiger partial charge in [-0.05, 0) is 20.2 Å². The second-order valence-electron chi connectivity index (χ2n) is 6.88. The predicted octanol–water partition coefficient (Wildman–Crippen LogP) is 1.04. The minimum absolute atomic E-state index is 0.0319. The average Bonchev–Trinajstić information content (AvgIpc) is 2.89. The van der Waals surface area contributed by atoms with E-state index >= 15 is 0 Å². The van der Waals surface area contributed by atoms with E-state index in [0.29, 0.717) is 18.7 Å². The lowest BCUT2D eigenvalue weighted by molar-refractivity contribution is -0.117. The van der Waals surface area contributed by atoms with Crippen molar-refractivity contribution in [3.63, 3.8) is 0 Å². The maximum Gasteiger partial charge on any atom is 0.256 e. The Morgan fingerprint density at radius 3 is 2.71 bits per heavy atom. The van der Waals surface area contributed by atoms with E-state index in [1.165, 1.54) is 0 Å². The van der Waals surface area contributed by atoms with Crippen LogP contribution in [0.3, 0.4) is 0 Å². The van der Waals surface area contributed by atoms with Crippen LogP contribution in [0, 0.1) is 0 Å². The number of likely N-dealkylation sites (tertiary alicyclic amines) is 1. The number of methoxy groups -OCH3 is 1. The molecule has 2 aromatic rings. The zero-order chi connectivity index (χ0) is 17.3. The molecule has 0 bridgehead atoms. The predicted molar refractivity (Wildman–Crippen MR) is 93.2 cm³/mol. The Labute approximate surface area is 142 Å². The van der Waals surface area contributed by atoms with Gasteiger partial charge in [-0.1, -0.05) is 18.2 Å². The molecule has 2 heterocycles. The molecule has 0 spiro atoms. The molecular weight excluding hydrogens is 306 g/mol. The molecule has 1 aliphatic heterocycles. The van der Waals surface area contributed by atoms with E-state index in [2.05, 4.69) is 9.47 Å². The van der Waals surface area contributed by atoms with Crippen LogP contribution in [0.2, 0.25) is 0 Å². The third-order valence-corrected chi connectivity index (χ3v) is 4.48. The average molecular weight is 331 g/mol. The number of rotatable bonds is 6. The van der Waals surface area contributed by atoms with E-state index in [4.69, 9.17) is 4.74 Å². The third kappa shape index (κ3) is 3.17. The van der Waals surface area contributed by atoms with E-state index in [1.54, 1.807) is 12.0 Å². The first-order valence-corrected chi connectivity index (χ1v) is 8.17. The highest BCUT2D eigenvalue weighted by molar-refractivity contribution is 6.07. The van der Waals surface area contributed by atoms with Crippen LogP contribution in [0.5, 0.6) is 0 Å². The monoisotopic (exact) mass is 331 g/mol. The fourth-order valence-electron chi connectivity index (χ4n) is 3.25. The van der Waals surface area contributed by atoms with Crippen LogP contribution in [0.15, 0.2) is 30.5 Å². The Kier molecular flexibility index (Phi) is 4.62. The van der Waals surface area contributed by atoms with Crippen LogP contribution in [0.1, 0.15) is 10.4 Å². The minimum atomic E-state index is -0.909. The summed E-state index contributed by atoms with van der Waals surface area (Å²) >= 11 is 0. The van der Waals surface area contributed by atoms with Crippen LogP contribution in [-0.4, -0.2) is 78.4 Å². The van der Waals surface area contributed by atoms with Crippen molar-refractivity contribution in [3.8, 4) is 0 Å². The van der Waals surface area contributed by atoms with Gasteiger partial charge in [-0.15, -0.1) is 0 Å². The topological polar surface area (TPSA) is 57.9 Å². The number of aliphatic hydroxyl groups is 1. The third-order valence-electron chi connectivity index (χ3n) is 4.48. The van der Waals surface area contributed by atoms with E-state index in [9.17, 15) is 9.90 Å². The van der Waals surface area contributed by atoms with E-state index in [1.807, 2.05) is 44.6 Å². The van der Waals surface area contributed by atoms with Gasteiger partial charge in [0, 0.05) is 37.3 Å². The zero-order valence-corrected chi connectivity index (χ0v) is 14.5. The van der Waals surface area contributed by atoms with Gasteiger partial charge in [0.2, 0.25) is 0 Å². The Hall–Kier alpha value is -1.89. The Morgan fingerprint density at radius 1 is 1.33 bits per heavy atom. The Balaban J connectivity index is 1.83. The summed E-state index contributed by atoms with van der Waals surface area (Å²) in [6.45, 7) is 2.62. The molecule has 0 radical (unpaired) electrons. The van der Waals surface area contributed by atoms with Crippen LogP contribution in [-0.2, 0) is 11.3 Å². The van der Waals surface area contributed by atoms with Crippen molar-refractivity contribution >= 4 is 16.8 Å². The van der Waals surface area contributed by atoms with Gasteiger partial charge in [0.25, 0.3) is 5.91 Å². The number of hydrogen-bond donors (Lipinski definition) is 1. The number of benzene rings is 1. The molecule has 3 rings (SSSR count). The fourth-order valence-corrected chi connectivity index (χ4v) is 3.25. The molecule has 0 atom stereocenters. The first-order chi connectivity index (χ1) is 11.4. The van der Waals surface area contributed by atoms with Gasteiger partial charge >= 0.3 is 0 Å². The SMILES string of the molecule is COCC1(O)CN(C(=O)c2cn(CCN(C)C)c3ccccc23)C1. The minimum Gasteiger partial charge on any atom is -0.384 e. The second-order valence-corrected chi connectivity index (χ2v) is 6.88. The van der Waals surface area contributed by atoms with Gasteiger partial charge in [-0.2, -0.15) is 0 Å². The number of carbonyl (C=O) groups excluding carboxylic acids is 1. The molecule has 1 amide bonds. The first kappa shape index (κ1) is 17.0. The van der Waals surface area contributed by atoms with E-state index in [0.717, 1.165) is 24.0 Å². The number of β-amino-alcohol motifs (C(OH)–C–C–N with tert-alkyl or cyclic N) is 1. The molecule has 0 saturated carbocycles. The molecule has 24 heavy (non-hydrogen) atoms. The highest BCUT2D eigenvalue weighted by atomic mass is 16.5. The van der Waals surface area contributed by atoms with Crippen molar-refractivity contribution in [2.24, 2.45) is 0 Å². The number of aromatic nitrogens is 1. The maximum absolute atomic E-state index is 12.8. The van der Waals surface area contributed by atoms with Crippen molar-refractivity contribution in [1.29, 1.82) is 0 Å². The van der Waals surface area contributed by atoms with Crippen LogP contribution in [0.4, 0.5) is 0 Å². The molecular formula is C18H25N3O3. The summed E-state index contributed by atoms with van der Waals surface area (Å²) in [5.41, 5.74) is 0.854. The number of nitrogens with zero attached hydrogens (tertiary/aromatic N) is 3. The maximum atomic E-state index is 12.8. The second kappa shape index (κ2) is 6.55. The molecule has 0 unspecified atom stereocenters. The molecule has 1 aromatic heterocycles. The number of fused-ring (bicyclic) bond motifs is 1. The molecule has 1 fully saturated rings. The quantitative estimate of drug-likeness (QED) is 0.859. The lowest BCUT2D eigenvalue weighted by Gasteiger charge is -2.45. The summed E-state index contributed by atoms with van der Waals surface area (Å²) in [6.07, 6.45) is 1.93. The lowest BCUT2D eigenvalue weighted by Crippen LogP contribution is -2.65. The van der Waals surface area contributed by atoms with Crippen molar-refractivity contribution in [1.82, 2.24) is 14.4 Å². The first-order valence-electron chi connectivity index (χ1n) is 8.17. The molecule has 1 saturated heterocycles. The van der Waals surface area contributed by atoms with Crippen molar-refractivity contribution in [2.45, 2.75) is 12.1 Å². The largest absolute Gasteiger partial charge is 0.384 e. The molecule has 0 aliphatic carbocycles. The number of carbonyl (C=O) groups is 1. The Morgan fingerprint density at radius 2 is 2.04 bits per heavy atom. The summed E-state index contributed by atoms with van der Waals surface area (Å²) in [5, 5.41) is 11.2. The van der Waals surface area contributed by atoms with Crippen molar-refractivity contribution in [3.05, 3.63) is 36.0 Å². The number of ether oxygens (including phenoxy) is 1. The zero-order valence-electron chi connectivity index (χ0n) is 14.5. The summed E-state index contributed by atoms with van der Waals surface area (Å²) in [6, 6.07) is 7.96. The van der Waals surface area contributed by atoms with Gasteiger partial charge in [0.15, 0.2) is 0 Å². The van der Waals surface area contributed by atoms with E-state index < -0.39 is 5.60 Å². The Bertz CT molecular complexity index is 732. The molecule has 6 nitrogen and oxygen atoms in total. The summed E-state index contributed by atoms with van der Waals surface area (Å²) in [5.74, 6) is -0.0319. The molecule has 1 N–H and O–H groups in total. The number of amides is 1. The van der Waals surface area contributed by atoms with Gasteiger partial charge in [-0.3, -0.25) is 4.79 Å². The highest BCUT2D eigenvalue weighted by Crippen LogP contribution is 2.27. The summed E-state index contributed by atoms with van der Waals surface area (Å²) < 4.78 is 7.14. The van der Waals surface area contributed by atoms with Crippen LogP contribution < -0.4 is 0 Å². The van der Waals surface area contributed by atoms with E-state index in [-0.39, 0.29) is 12.5 Å². The summed E-state index contributed by atoms with van der Waals surface area (Å²) in [7, 11) is 5.63. The highest BCUT2D eigenvalue weighted by Gasteiger charge is 2.44. The van der Waals surface area contributed by atoms with Crippen molar-refractivity contribution < 1.29 is 14.6 Å². The van der Waals surface area contributed by atoms with Crippen molar-refractivity contribution in [2.75, 3.05) is 47.4 Å². The molecule has 130 valence electrons. The van der Waals surface area contributed by atoms with Gasteiger partial charge in [0.1, 0.15) is 5.60 Å². The number of hydrogen-bond acceptors (Lipinski definition) is 4. The van der Waals surface area contributed by atoms with Gasteiger partial charge in [-0.25, -0.2) is 0 Å². The molecule has 1 aromatic carbocycles. The standard InChI is InChI=1S/C18H25N3O3/c1-19(2)8-9-20-10-15(14-6-4-5-7-16(14)20)17(22)21-11-18(23,12-21)13-24-3/h4-7,10,23H,8-9,11-13H2,1-3H3. The molecule has 1 aliphatic rings. The number of para-hydroxylation sites is 1. The number of likely N-dealkylation sites (N-methyl/N-ethyl adjacent to an activating group) is 1. The van der Waals surface area contributed by atoms with Crippen LogP contribution in [0.25, 0.3) is 10.9 Å². The fraction of sp³-hybridized carbons (Fsp3) is 0.500.